The van der Waals surface area contributed by atoms with Gasteiger partial charge in [0.2, 0.25) is 10.0 Å². The van der Waals surface area contributed by atoms with Gasteiger partial charge in [-0.25, -0.2) is 8.42 Å². The topological polar surface area (TPSA) is 63.7 Å². The van der Waals surface area contributed by atoms with Crippen LogP contribution in [0, 0.1) is 0 Å². The van der Waals surface area contributed by atoms with Crippen LogP contribution in [0.5, 0.6) is 0 Å². The third-order valence-corrected chi connectivity index (χ3v) is 6.14. The molecule has 1 aromatic carbocycles. The zero-order valence-electron chi connectivity index (χ0n) is 12.0. The molecule has 21 heavy (non-hydrogen) atoms. The van der Waals surface area contributed by atoms with E-state index in [1.807, 2.05) is 0 Å². The Morgan fingerprint density at radius 1 is 1.33 bits per heavy atom. The van der Waals surface area contributed by atoms with Crippen LogP contribution < -0.4 is 0 Å². The van der Waals surface area contributed by atoms with Gasteiger partial charge in [0.05, 0.1) is 11.5 Å². The van der Waals surface area contributed by atoms with Crippen LogP contribution in [0.2, 0.25) is 0 Å². The molecule has 0 atom stereocenters. The summed E-state index contributed by atoms with van der Waals surface area (Å²) in [4.78, 5) is 11.7. The van der Waals surface area contributed by atoms with Crippen molar-refractivity contribution in [1.29, 1.82) is 0 Å². The van der Waals surface area contributed by atoms with Crippen LogP contribution in [0.15, 0.2) is 32.0 Å². The van der Waals surface area contributed by atoms with E-state index in [4.69, 9.17) is 4.74 Å². The van der Waals surface area contributed by atoms with Gasteiger partial charge in [-0.05, 0) is 54.9 Å². The van der Waals surface area contributed by atoms with Crippen LogP contribution in [0.3, 0.4) is 0 Å². The summed E-state index contributed by atoms with van der Waals surface area (Å²) in [6, 6.07) is 4.41. The first-order valence-corrected chi connectivity index (χ1v) is 9.35. The highest BCUT2D eigenvalue weighted by Gasteiger charge is 2.31. The Hall–Kier alpha value is -0.440. The summed E-state index contributed by atoms with van der Waals surface area (Å²) in [5.74, 6) is -0.567. The van der Waals surface area contributed by atoms with E-state index in [0.717, 1.165) is 8.78 Å². The second kappa shape index (κ2) is 7.71. The predicted molar refractivity (Wildman–Crippen MR) is 87.5 cm³/mol. The molecule has 0 amide bonds. The van der Waals surface area contributed by atoms with E-state index < -0.39 is 16.0 Å². The fourth-order valence-corrected chi connectivity index (χ4v) is 4.98. The summed E-state index contributed by atoms with van der Waals surface area (Å²) in [6.45, 7) is 5.01. The van der Waals surface area contributed by atoms with Gasteiger partial charge in [0.25, 0.3) is 0 Å². The highest BCUT2D eigenvalue weighted by atomic mass is 79.9. The Morgan fingerprint density at radius 3 is 2.43 bits per heavy atom. The number of halogens is 2. The van der Waals surface area contributed by atoms with Crippen molar-refractivity contribution in [3.8, 4) is 0 Å². The summed E-state index contributed by atoms with van der Waals surface area (Å²) in [7, 11) is -3.80. The first kappa shape index (κ1) is 18.6. The minimum Gasteiger partial charge on any atom is -0.465 e. The van der Waals surface area contributed by atoms with Gasteiger partial charge in [0.15, 0.2) is 0 Å². The van der Waals surface area contributed by atoms with Gasteiger partial charge in [-0.15, -0.1) is 0 Å². The molecule has 0 N–H and O–H groups in total. The summed E-state index contributed by atoms with van der Waals surface area (Å²) in [6.07, 6.45) is 0. The number of ether oxygens (including phenoxy) is 1. The normalized spacial score (nSPS) is 12.0. The van der Waals surface area contributed by atoms with E-state index in [-0.39, 0.29) is 24.1 Å². The van der Waals surface area contributed by atoms with Gasteiger partial charge in [-0.1, -0.05) is 15.9 Å². The van der Waals surface area contributed by atoms with Crippen molar-refractivity contribution >= 4 is 47.9 Å². The number of esters is 1. The van der Waals surface area contributed by atoms with Crippen molar-refractivity contribution < 1.29 is 17.9 Å². The van der Waals surface area contributed by atoms with E-state index in [0.29, 0.717) is 4.47 Å². The number of hydrogen-bond donors (Lipinski definition) is 0. The van der Waals surface area contributed by atoms with Gasteiger partial charge >= 0.3 is 5.97 Å². The first-order valence-electron chi connectivity index (χ1n) is 6.32. The van der Waals surface area contributed by atoms with Gasteiger partial charge in [0, 0.05) is 15.0 Å². The number of sulfonamides is 1. The molecule has 0 aromatic heterocycles. The molecule has 1 aromatic rings. The molecule has 0 aliphatic rings. The number of benzene rings is 1. The van der Waals surface area contributed by atoms with E-state index in [2.05, 4.69) is 31.9 Å². The monoisotopic (exact) mass is 441 g/mol. The maximum atomic E-state index is 12.7. The molecule has 0 saturated heterocycles. The lowest BCUT2D eigenvalue weighted by Crippen LogP contribution is -2.41. The SMILES string of the molecule is CCOC(=O)CN(C(C)C)S(=O)(=O)c1ccc(Br)cc1Br. The van der Waals surface area contributed by atoms with Crippen molar-refractivity contribution in [3.05, 3.63) is 27.1 Å². The van der Waals surface area contributed by atoms with Crippen LogP contribution in [0.1, 0.15) is 20.8 Å². The lowest BCUT2D eigenvalue weighted by Gasteiger charge is -2.25. The standard InChI is InChI=1S/C13H17Br2NO4S/c1-4-20-13(17)8-16(9(2)3)21(18,19)12-6-5-10(14)7-11(12)15/h5-7,9H,4,8H2,1-3H3. The van der Waals surface area contributed by atoms with Gasteiger partial charge in [0.1, 0.15) is 6.54 Å². The van der Waals surface area contributed by atoms with E-state index in [9.17, 15) is 13.2 Å². The third kappa shape index (κ3) is 4.77. The maximum Gasteiger partial charge on any atom is 0.321 e. The number of hydrogen-bond acceptors (Lipinski definition) is 4. The van der Waals surface area contributed by atoms with Crippen molar-refractivity contribution in [1.82, 2.24) is 4.31 Å². The van der Waals surface area contributed by atoms with E-state index in [1.165, 1.54) is 6.07 Å². The number of rotatable bonds is 6. The Morgan fingerprint density at radius 2 is 1.95 bits per heavy atom. The molecule has 0 fully saturated rings. The average molecular weight is 443 g/mol. The molecule has 0 heterocycles. The Balaban J connectivity index is 3.19. The van der Waals surface area contributed by atoms with Crippen molar-refractivity contribution in [3.63, 3.8) is 0 Å². The Kier molecular flexibility index (Phi) is 6.83. The van der Waals surface area contributed by atoms with Crippen LogP contribution in [0.4, 0.5) is 0 Å². The first-order chi connectivity index (χ1) is 9.70. The molecule has 0 aliphatic carbocycles. The third-order valence-electron chi connectivity index (χ3n) is 2.65. The molecular weight excluding hydrogens is 426 g/mol. The predicted octanol–water partition coefficient (Wildman–Crippen LogP) is 3.17. The minimum atomic E-state index is -3.80. The van der Waals surface area contributed by atoms with Crippen LogP contribution >= 0.6 is 31.9 Å². The summed E-state index contributed by atoms with van der Waals surface area (Å²) in [5, 5.41) is 0. The molecule has 0 bridgehead atoms. The smallest absolute Gasteiger partial charge is 0.321 e. The molecule has 0 spiro atoms. The molecule has 118 valence electrons. The zero-order chi connectivity index (χ0) is 16.2. The van der Waals surface area contributed by atoms with Crippen molar-refractivity contribution in [2.45, 2.75) is 31.7 Å². The molecule has 1 rings (SSSR count). The summed E-state index contributed by atoms with van der Waals surface area (Å²) < 4.78 is 32.6. The van der Waals surface area contributed by atoms with Crippen LogP contribution in [0.25, 0.3) is 0 Å². The highest BCUT2D eigenvalue weighted by Crippen LogP contribution is 2.29. The molecule has 8 heteroatoms. The van der Waals surface area contributed by atoms with Gasteiger partial charge in [-0.3, -0.25) is 4.79 Å². The van der Waals surface area contributed by atoms with Gasteiger partial charge in [-0.2, -0.15) is 4.31 Å². The second-order valence-electron chi connectivity index (χ2n) is 4.52. The van der Waals surface area contributed by atoms with E-state index >= 15 is 0 Å². The second-order valence-corrected chi connectivity index (χ2v) is 8.15. The largest absolute Gasteiger partial charge is 0.465 e. The molecule has 5 nitrogen and oxygen atoms in total. The number of carbonyl (C=O) groups is 1. The molecule has 0 unspecified atom stereocenters. The fourth-order valence-electron chi connectivity index (χ4n) is 1.69. The number of nitrogens with zero attached hydrogens (tertiary/aromatic N) is 1. The zero-order valence-corrected chi connectivity index (χ0v) is 16.0. The molecule has 0 aliphatic heterocycles. The van der Waals surface area contributed by atoms with Gasteiger partial charge < -0.3 is 4.74 Å². The Bertz CT molecular complexity index is 617. The molecule has 0 radical (unpaired) electrons. The maximum absolute atomic E-state index is 12.7. The minimum absolute atomic E-state index is 0.115. The summed E-state index contributed by atoms with van der Waals surface area (Å²) >= 11 is 6.52. The average Bonchev–Trinajstić information content (AvgIpc) is 2.35. The highest BCUT2D eigenvalue weighted by molar-refractivity contribution is 9.11. The van der Waals surface area contributed by atoms with E-state index in [1.54, 1.807) is 32.9 Å². The molecular formula is C13H17Br2NO4S. The lowest BCUT2D eigenvalue weighted by molar-refractivity contribution is -0.143. The van der Waals surface area contributed by atoms with Crippen molar-refractivity contribution in [2.75, 3.05) is 13.2 Å². The molecule has 0 saturated carbocycles. The fraction of sp³-hybridized carbons (Fsp3) is 0.462. The lowest BCUT2D eigenvalue weighted by atomic mass is 10.4. The summed E-state index contributed by atoms with van der Waals surface area (Å²) in [5.41, 5.74) is 0. The number of carbonyl (C=O) groups excluding carboxylic acids is 1. The quantitative estimate of drug-likeness (QED) is 0.634. The van der Waals surface area contributed by atoms with Crippen molar-refractivity contribution in [2.24, 2.45) is 0 Å². The Labute approximate surface area is 142 Å². The van der Waals surface area contributed by atoms with Crippen LogP contribution in [-0.2, 0) is 19.6 Å². The van der Waals surface area contributed by atoms with Crippen LogP contribution in [-0.4, -0.2) is 37.9 Å².